The summed E-state index contributed by atoms with van der Waals surface area (Å²) in [6.45, 7) is 9.67. The molecule has 180 valence electrons. The highest BCUT2D eigenvalue weighted by Gasteiger charge is 2.49. The maximum absolute atomic E-state index is 11.4. The molecule has 2 fully saturated rings. The van der Waals surface area contributed by atoms with Gasteiger partial charge in [-0.15, -0.1) is 0 Å². The molecular weight excluding hydrogens is 390 g/mol. The number of rotatable bonds is 5. The van der Waals surface area contributed by atoms with Crippen molar-refractivity contribution < 1.29 is 19.4 Å². The number of aldehydes is 1. The van der Waals surface area contributed by atoms with Gasteiger partial charge in [-0.05, 0) is 88.5 Å². The summed E-state index contributed by atoms with van der Waals surface area (Å²) in [5, 5.41) is 14.5. The first-order chi connectivity index (χ1) is 14.2. The minimum absolute atomic E-state index is 0. The maximum Gasteiger partial charge on any atom is 0.302 e. The Morgan fingerprint density at radius 2 is 2.00 bits per heavy atom. The number of hydrogen-bond acceptors (Lipinski definition) is 5. The average Bonchev–Trinajstić information content (AvgIpc) is 3.11. The maximum atomic E-state index is 11.4. The molecule has 0 bridgehead atoms. The molecule has 3 aliphatic carbocycles. The molecule has 0 radical (unpaired) electrons. The zero-order chi connectivity index (χ0) is 22.5. The molecule has 3 rings (SSSR count). The number of aliphatic hydroxyl groups is 1. The average molecular weight is 438 g/mol. The first-order valence-electron chi connectivity index (χ1n) is 11.8. The van der Waals surface area contributed by atoms with Crippen molar-refractivity contribution in [1.29, 1.82) is 0 Å². The predicted molar refractivity (Wildman–Crippen MR) is 127 cm³/mol. The van der Waals surface area contributed by atoms with Gasteiger partial charge in [0.2, 0.25) is 0 Å². The van der Waals surface area contributed by atoms with E-state index in [2.05, 4.69) is 25.2 Å². The number of hydrogen-bond donors (Lipinski definition) is 2. The SMILES string of the molecule is C.CC=O.CC[C@H]1C(C(C)OC(C)=O)CCC1C1CC2(C)CCC(NC)CC2=CC1O. The van der Waals surface area contributed by atoms with Crippen molar-refractivity contribution in [3.63, 3.8) is 0 Å². The fourth-order valence-electron chi connectivity index (χ4n) is 6.59. The van der Waals surface area contributed by atoms with Crippen LogP contribution in [0.3, 0.4) is 0 Å². The second kappa shape index (κ2) is 12.2. The summed E-state index contributed by atoms with van der Waals surface area (Å²) in [4.78, 5) is 20.2. The summed E-state index contributed by atoms with van der Waals surface area (Å²) in [6, 6.07) is 0.553. The lowest BCUT2D eigenvalue weighted by Crippen LogP contribution is -2.44. The summed E-state index contributed by atoms with van der Waals surface area (Å²) >= 11 is 0. The quantitative estimate of drug-likeness (QED) is 0.363. The number of carbonyl (C=O) groups excluding carboxylic acids is 2. The summed E-state index contributed by atoms with van der Waals surface area (Å²) in [7, 11) is 2.05. The Morgan fingerprint density at radius 3 is 2.55 bits per heavy atom. The molecule has 7 unspecified atom stereocenters. The van der Waals surface area contributed by atoms with Crippen LogP contribution in [-0.4, -0.2) is 42.7 Å². The third-order valence-corrected chi connectivity index (χ3v) is 8.10. The topological polar surface area (TPSA) is 75.6 Å². The molecule has 0 aromatic carbocycles. The summed E-state index contributed by atoms with van der Waals surface area (Å²) in [5.74, 6) is 1.65. The second-order valence-electron chi connectivity index (χ2n) is 9.87. The van der Waals surface area contributed by atoms with Gasteiger partial charge in [-0.25, -0.2) is 0 Å². The summed E-state index contributed by atoms with van der Waals surface area (Å²) < 4.78 is 5.54. The van der Waals surface area contributed by atoms with E-state index >= 15 is 0 Å². The van der Waals surface area contributed by atoms with E-state index in [1.807, 2.05) is 14.0 Å². The highest BCUT2D eigenvalue weighted by Crippen LogP contribution is 2.55. The predicted octanol–water partition coefficient (Wildman–Crippen LogP) is 4.92. The molecule has 0 heterocycles. The Kier molecular flexibility index (Phi) is 10.9. The van der Waals surface area contributed by atoms with Crippen LogP contribution in [0.5, 0.6) is 0 Å². The fourth-order valence-corrected chi connectivity index (χ4v) is 6.59. The molecular formula is C26H47NO4. The fraction of sp³-hybridized carbons (Fsp3) is 0.846. The van der Waals surface area contributed by atoms with Gasteiger partial charge in [0, 0.05) is 13.0 Å². The van der Waals surface area contributed by atoms with E-state index in [0.29, 0.717) is 29.7 Å². The van der Waals surface area contributed by atoms with Crippen molar-refractivity contribution >= 4 is 12.3 Å². The number of ether oxygens (including phenoxy) is 1. The van der Waals surface area contributed by atoms with Crippen LogP contribution in [0.1, 0.15) is 87.0 Å². The van der Waals surface area contributed by atoms with Crippen LogP contribution in [0.4, 0.5) is 0 Å². The zero-order valence-electron chi connectivity index (χ0n) is 19.8. The van der Waals surface area contributed by atoms with Gasteiger partial charge in [0.15, 0.2) is 0 Å². The number of carbonyl (C=O) groups is 2. The molecule has 2 saturated carbocycles. The molecule has 3 aliphatic rings. The molecule has 5 nitrogen and oxygen atoms in total. The molecule has 5 heteroatoms. The number of esters is 1. The molecule has 0 aromatic rings. The van der Waals surface area contributed by atoms with Crippen molar-refractivity contribution in [2.45, 2.75) is 105 Å². The highest BCUT2D eigenvalue weighted by molar-refractivity contribution is 5.66. The van der Waals surface area contributed by atoms with E-state index in [1.165, 1.54) is 32.3 Å². The smallest absolute Gasteiger partial charge is 0.302 e. The third-order valence-electron chi connectivity index (χ3n) is 8.10. The minimum Gasteiger partial charge on any atom is -0.463 e. The number of fused-ring (bicyclic) bond motifs is 1. The molecule has 0 aliphatic heterocycles. The van der Waals surface area contributed by atoms with Gasteiger partial charge >= 0.3 is 5.97 Å². The Bertz CT molecular complexity index is 619. The van der Waals surface area contributed by atoms with Gasteiger partial charge in [0.1, 0.15) is 12.4 Å². The first-order valence-corrected chi connectivity index (χ1v) is 11.8. The molecule has 0 saturated heterocycles. The lowest BCUT2D eigenvalue weighted by atomic mass is 9.58. The molecule has 8 atom stereocenters. The monoisotopic (exact) mass is 437 g/mol. The largest absolute Gasteiger partial charge is 0.463 e. The van der Waals surface area contributed by atoms with E-state index in [0.717, 1.165) is 38.4 Å². The minimum atomic E-state index is -0.328. The van der Waals surface area contributed by atoms with Crippen LogP contribution in [0.15, 0.2) is 11.6 Å². The van der Waals surface area contributed by atoms with Crippen LogP contribution < -0.4 is 5.32 Å². The van der Waals surface area contributed by atoms with E-state index in [1.54, 1.807) is 0 Å². The molecule has 2 N–H and O–H groups in total. The van der Waals surface area contributed by atoms with Crippen molar-refractivity contribution in [3.05, 3.63) is 11.6 Å². The summed E-state index contributed by atoms with van der Waals surface area (Å²) in [6.07, 6.45) is 10.6. The number of nitrogens with one attached hydrogen (secondary N) is 1. The van der Waals surface area contributed by atoms with Gasteiger partial charge < -0.3 is 20.0 Å². The second-order valence-corrected chi connectivity index (χ2v) is 9.87. The summed E-state index contributed by atoms with van der Waals surface area (Å²) in [5.41, 5.74) is 1.71. The Hall–Kier alpha value is -1.20. The molecule has 0 spiro atoms. The van der Waals surface area contributed by atoms with E-state index < -0.39 is 0 Å². The van der Waals surface area contributed by atoms with Crippen LogP contribution in [0.2, 0.25) is 0 Å². The van der Waals surface area contributed by atoms with Gasteiger partial charge in [0.05, 0.1) is 6.10 Å². The lowest BCUT2D eigenvalue weighted by Gasteiger charge is -2.48. The highest BCUT2D eigenvalue weighted by atomic mass is 16.5. The molecule has 0 amide bonds. The van der Waals surface area contributed by atoms with Crippen LogP contribution >= 0.6 is 0 Å². The van der Waals surface area contributed by atoms with Gasteiger partial charge in [-0.2, -0.15) is 0 Å². The Labute approximate surface area is 190 Å². The molecule has 31 heavy (non-hydrogen) atoms. The van der Waals surface area contributed by atoms with Crippen LogP contribution in [-0.2, 0) is 14.3 Å². The normalized spacial score (nSPS) is 37.8. The van der Waals surface area contributed by atoms with Crippen molar-refractivity contribution in [1.82, 2.24) is 5.32 Å². The van der Waals surface area contributed by atoms with Crippen molar-refractivity contribution in [2.24, 2.45) is 29.1 Å². The Balaban J connectivity index is 0.00000113. The number of aliphatic hydroxyl groups excluding tert-OH is 1. The lowest BCUT2D eigenvalue weighted by molar-refractivity contribution is -0.149. The Morgan fingerprint density at radius 1 is 1.35 bits per heavy atom. The standard InChI is InChI=1S/C23H39NO3.C2H4O.CH4/c1-6-18-19(14(2)27-15(3)25)7-8-20(18)21-13-23(4)10-9-17(24-5)11-16(23)12-22(21)26;1-2-3;/h12,14,17-22,24,26H,6-11,13H2,1-5H3;2H,1H3;1H4/t14?,17?,18-,19?,20?,21?,22?,23?;;/m0../s1. The van der Waals surface area contributed by atoms with Crippen molar-refractivity contribution in [2.75, 3.05) is 7.05 Å². The molecule has 0 aromatic heterocycles. The van der Waals surface area contributed by atoms with Crippen molar-refractivity contribution in [3.8, 4) is 0 Å². The zero-order valence-corrected chi connectivity index (χ0v) is 19.8. The van der Waals surface area contributed by atoms with E-state index in [4.69, 9.17) is 9.53 Å². The third kappa shape index (κ3) is 6.41. The van der Waals surface area contributed by atoms with Gasteiger partial charge in [-0.3, -0.25) is 4.79 Å². The van der Waals surface area contributed by atoms with E-state index in [-0.39, 0.29) is 31.0 Å². The van der Waals surface area contributed by atoms with Crippen LogP contribution in [0, 0.1) is 29.1 Å². The van der Waals surface area contributed by atoms with Gasteiger partial charge in [-0.1, -0.05) is 39.3 Å². The van der Waals surface area contributed by atoms with E-state index in [9.17, 15) is 9.90 Å². The first kappa shape index (κ1) is 27.8. The van der Waals surface area contributed by atoms with Gasteiger partial charge in [0.25, 0.3) is 0 Å². The van der Waals surface area contributed by atoms with Crippen LogP contribution in [0.25, 0.3) is 0 Å².